The van der Waals surface area contributed by atoms with Crippen molar-refractivity contribution in [1.29, 1.82) is 0 Å². The second-order valence-electron chi connectivity index (χ2n) is 3.37. The molecule has 0 bridgehead atoms. The molecular formula is C8H16N2O. The van der Waals surface area contributed by atoms with Crippen LogP contribution in [0.1, 0.15) is 20.8 Å². The van der Waals surface area contributed by atoms with Gasteiger partial charge < -0.3 is 10.6 Å². The lowest BCUT2D eigenvalue weighted by atomic mass is 10.1. The van der Waals surface area contributed by atoms with E-state index in [4.69, 9.17) is 0 Å². The Kier molecular flexibility index (Phi) is 3.65. The van der Waals surface area contributed by atoms with Crippen molar-refractivity contribution in [2.75, 3.05) is 6.54 Å². The van der Waals surface area contributed by atoms with Crippen LogP contribution in [-0.2, 0) is 0 Å². The third-order valence-electron chi connectivity index (χ3n) is 0.895. The number of carbonyl (C=O) groups is 1. The standard InChI is InChI=1S/C8H16N2O/c1-5-6-9-7(11)10-8(2,3)4/h5H,1,6H2,2-4H3,(H2,9,10,11). The van der Waals surface area contributed by atoms with Crippen molar-refractivity contribution >= 4 is 6.03 Å². The Balaban J connectivity index is 3.61. The Labute approximate surface area is 67.9 Å². The van der Waals surface area contributed by atoms with Crippen molar-refractivity contribution in [3.63, 3.8) is 0 Å². The Hall–Kier alpha value is -0.990. The lowest BCUT2D eigenvalue weighted by molar-refractivity contribution is 0.233. The predicted molar refractivity (Wildman–Crippen MR) is 46.5 cm³/mol. The van der Waals surface area contributed by atoms with Gasteiger partial charge in [0.2, 0.25) is 0 Å². The van der Waals surface area contributed by atoms with Crippen molar-refractivity contribution in [2.45, 2.75) is 26.3 Å². The van der Waals surface area contributed by atoms with Crippen LogP contribution in [0.25, 0.3) is 0 Å². The van der Waals surface area contributed by atoms with Crippen LogP contribution in [0.4, 0.5) is 4.79 Å². The maximum atomic E-state index is 10.9. The number of amides is 2. The zero-order chi connectivity index (χ0) is 8.91. The number of nitrogens with one attached hydrogen (secondary N) is 2. The molecular weight excluding hydrogens is 140 g/mol. The monoisotopic (exact) mass is 156 g/mol. The summed E-state index contributed by atoms with van der Waals surface area (Å²) in [5.74, 6) is 0. The van der Waals surface area contributed by atoms with Crippen molar-refractivity contribution in [3.05, 3.63) is 12.7 Å². The van der Waals surface area contributed by atoms with Gasteiger partial charge in [0.25, 0.3) is 0 Å². The third kappa shape index (κ3) is 6.90. The normalized spacial score (nSPS) is 10.5. The van der Waals surface area contributed by atoms with E-state index in [9.17, 15) is 4.79 Å². The molecule has 0 radical (unpaired) electrons. The minimum absolute atomic E-state index is 0.155. The highest BCUT2D eigenvalue weighted by atomic mass is 16.2. The Bertz CT molecular complexity index is 147. The smallest absolute Gasteiger partial charge is 0.315 e. The molecule has 64 valence electrons. The summed E-state index contributed by atoms with van der Waals surface area (Å²) in [6.07, 6.45) is 1.64. The molecule has 0 aliphatic heterocycles. The maximum absolute atomic E-state index is 10.9. The Morgan fingerprint density at radius 3 is 2.45 bits per heavy atom. The first-order chi connectivity index (χ1) is 4.95. The summed E-state index contributed by atoms with van der Waals surface area (Å²) in [6, 6.07) is -0.155. The topological polar surface area (TPSA) is 41.1 Å². The molecule has 0 rings (SSSR count). The van der Waals surface area contributed by atoms with Gasteiger partial charge in [-0.3, -0.25) is 0 Å². The van der Waals surface area contributed by atoms with Gasteiger partial charge >= 0.3 is 6.03 Å². The summed E-state index contributed by atoms with van der Waals surface area (Å²) in [5.41, 5.74) is -0.175. The molecule has 2 amide bonds. The quantitative estimate of drug-likeness (QED) is 0.581. The molecule has 2 N–H and O–H groups in total. The summed E-state index contributed by atoms with van der Waals surface area (Å²) in [6.45, 7) is 9.78. The first kappa shape index (κ1) is 10.0. The number of urea groups is 1. The van der Waals surface area contributed by atoms with Crippen LogP contribution in [0.5, 0.6) is 0 Å². The lowest BCUT2D eigenvalue weighted by Crippen LogP contribution is -2.46. The van der Waals surface area contributed by atoms with Gasteiger partial charge in [-0.1, -0.05) is 6.08 Å². The fourth-order valence-electron chi connectivity index (χ4n) is 0.550. The van der Waals surface area contributed by atoms with Crippen LogP contribution in [0.2, 0.25) is 0 Å². The van der Waals surface area contributed by atoms with E-state index in [1.807, 2.05) is 20.8 Å². The van der Waals surface area contributed by atoms with Gasteiger partial charge in [0.1, 0.15) is 0 Å². The van der Waals surface area contributed by atoms with Crippen molar-refractivity contribution in [2.24, 2.45) is 0 Å². The van der Waals surface area contributed by atoms with Crippen molar-refractivity contribution in [3.8, 4) is 0 Å². The summed E-state index contributed by atoms with van der Waals surface area (Å²) in [4.78, 5) is 10.9. The molecule has 0 heterocycles. The molecule has 0 aromatic rings. The van der Waals surface area contributed by atoms with E-state index in [0.717, 1.165) is 0 Å². The average Bonchev–Trinajstić information content (AvgIpc) is 1.79. The molecule has 0 aromatic carbocycles. The molecule has 0 saturated carbocycles. The minimum atomic E-state index is -0.175. The number of hydrogen-bond donors (Lipinski definition) is 2. The molecule has 0 aliphatic rings. The van der Waals surface area contributed by atoms with Gasteiger partial charge in [0.05, 0.1) is 0 Å². The van der Waals surface area contributed by atoms with Crippen LogP contribution in [0.15, 0.2) is 12.7 Å². The fraction of sp³-hybridized carbons (Fsp3) is 0.625. The van der Waals surface area contributed by atoms with Crippen molar-refractivity contribution < 1.29 is 4.79 Å². The average molecular weight is 156 g/mol. The molecule has 0 fully saturated rings. The van der Waals surface area contributed by atoms with Gasteiger partial charge in [-0.25, -0.2) is 4.79 Å². The van der Waals surface area contributed by atoms with Gasteiger partial charge in [0.15, 0.2) is 0 Å². The molecule has 0 saturated heterocycles. The van der Waals surface area contributed by atoms with Crippen LogP contribution >= 0.6 is 0 Å². The molecule has 0 aromatic heterocycles. The Morgan fingerprint density at radius 1 is 1.55 bits per heavy atom. The second-order valence-corrected chi connectivity index (χ2v) is 3.37. The van der Waals surface area contributed by atoms with Crippen LogP contribution in [0, 0.1) is 0 Å². The molecule has 0 spiro atoms. The summed E-state index contributed by atoms with van der Waals surface area (Å²) < 4.78 is 0. The zero-order valence-corrected chi connectivity index (χ0v) is 7.40. The van der Waals surface area contributed by atoms with Gasteiger partial charge in [-0.2, -0.15) is 0 Å². The maximum Gasteiger partial charge on any atom is 0.315 e. The van der Waals surface area contributed by atoms with E-state index in [1.54, 1.807) is 6.08 Å². The highest BCUT2D eigenvalue weighted by Gasteiger charge is 2.11. The first-order valence-corrected chi connectivity index (χ1v) is 3.62. The SMILES string of the molecule is C=CCNC(=O)NC(C)(C)C. The van der Waals surface area contributed by atoms with Crippen molar-refractivity contribution in [1.82, 2.24) is 10.6 Å². The molecule has 11 heavy (non-hydrogen) atoms. The highest BCUT2D eigenvalue weighted by molar-refractivity contribution is 5.74. The molecule has 0 aliphatic carbocycles. The zero-order valence-electron chi connectivity index (χ0n) is 7.40. The second kappa shape index (κ2) is 4.01. The van der Waals surface area contributed by atoms with Crippen LogP contribution in [0.3, 0.4) is 0 Å². The number of carbonyl (C=O) groups excluding carboxylic acids is 1. The number of rotatable bonds is 2. The van der Waals surface area contributed by atoms with Crippen LogP contribution in [-0.4, -0.2) is 18.1 Å². The third-order valence-corrected chi connectivity index (χ3v) is 0.895. The van der Waals surface area contributed by atoms with E-state index in [0.29, 0.717) is 6.54 Å². The summed E-state index contributed by atoms with van der Waals surface area (Å²) in [7, 11) is 0. The highest BCUT2D eigenvalue weighted by Crippen LogP contribution is 1.96. The van der Waals surface area contributed by atoms with Crippen LogP contribution < -0.4 is 10.6 Å². The van der Waals surface area contributed by atoms with E-state index in [2.05, 4.69) is 17.2 Å². The van der Waals surface area contributed by atoms with Gasteiger partial charge in [0, 0.05) is 12.1 Å². The Morgan fingerprint density at radius 2 is 2.09 bits per heavy atom. The number of hydrogen-bond acceptors (Lipinski definition) is 1. The van der Waals surface area contributed by atoms with E-state index >= 15 is 0 Å². The largest absolute Gasteiger partial charge is 0.335 e. The first-order valence-electron chi connectivity index (χ1n) is 3.62. The fourth-order valence-corrected chi connectivity index (χ4v) is 0.550. The molecule has 0 atom stereocenters. The predicted octanol–water partition coefficient (Wildman–Crippen LogP) is 1.27. The minimum Gasteiger partial charge on any atom is -0.335 e. The lowest BCUT2D eigenvalue weighted by Gasteiger charge is -2.20. The van der Waals surface area contributed by atoms with Gasteiger partial charge in [-0.05, 0) is 20.8 Å². The van der Waals surface area contributed by atoms with E-state index in [-0.39, 0.29) is 11.6 Å². The molecule has 3 heteroatoms. The molecule has 3 nitrogen and oxygen atoms in total. The van der Waals surface area contributed by atoms with Gasteiger partial charge in [-0.15, -0.1) is 6.58 Å². The molecule has 0 unspecified atom stereocenters. The summed E-state index contributed by atoms with van der Waals surface area (Å²) in [5, 5.41) is 5.38. The van der Waals surface area contributed by atoms with E-state index < -0.39 is 0 Å². The van der Waals surface area contributed by atoms with E-state index in [1.165, 1.54) is 0 Å². The summed E-state index contributed by atoms with van der Waals surface area (Å²) >= 11 is 0.